The number of pyridine rings is 1. The molecule has 4 nitrogen and oxygen atoms in total. The van der Waals surface area contributed by atoms with Gasteiger partial charge in [0.25, 0.3) is 0 Å². The lowest BCUT2D eigenvalue weighted by molar-refractivity contribution is 0.0696. The van der Waals surface area contributed by atoms with Crippen molar-refractivity contribution in [2.24, 2.45) is 0 Å². The molecule has 0 fully saturated rings. The van der Waals surface area contributed by atoms with E-state index in [9.17, 15) is 4.79 Å². The number of hydrogen-bond acceptors (Lipinski definition) is 3. The average molecular weight is 174 g/mol. The zero-order valence-corrected chi connectivity index (χ0v) is 6.64. The quantitative estimate of drug-likeness (QED) is 0.686. The molecule has 1 aromatic rings. The van der Waals surface area contributed by atoms with Gasteiger partial charge in [0.15, 0.2) is 0 Å². The van der Waals surface area contributed by atoms with Gasteiger partial charge in [-0.3, -0.25) is 4.98 Å². The molecule has 1 heterocycles. The summed E-state index contributed by atoms with van der Waals surface area (Å²) in [4.78, 5) is 14.4. The van der Waals surface area contributed by atoms with Crippen molar-refractivity contribution in [2.75, 3.05) is 0 Å². The first-order chi connectivity index (χ1) is 6.25. The molecule has 1 rings (SSSR count). The Hall–Kier alpha value is -2.15. The Kier molecular flexibility index (Phi) is 2.77. The van der Waals surface area contributed by atoms with Gasteiger partial charge in [0.1, 0.15) is 0 Å². The van der Waals surface area contributed by atoms with Crippen LogP contribution in [0.25, 0.3) is 6.08 Å². The van der Waals surface area contributed by atoms with Gasteiger partial charge in [-0.1, -0.05) is 0 Å². The number of aromatic carboxylic acids is 1. The fourth-order valence-corrected chi connectivity index (χ4v) is 0.847. The number of hydrogen-bond donors (Lipinski definition) is 1. The highest BCUT2D eigenvalue weighted by Crippen LogP contribution is 2.06. The molecule has 0 bridgehead atoms. The van der Waals surface area contributed by atoms with E-state index in [4.69, 9.17) is 10.4 Å². The summed E-state index contributed by atoms with van der Waals surface area (Å²) in [7, 11) is 0. The van der Waals surface area contributed by atoms with Gasteiger partial charge in [-0.15, -0.1) is 0 Å². The molecule has 0 saturated carbocycles. The number of carboxylic acids is 1. The van der Waals surface area contributed by atoms with Gasteiger partial charge < -0.3 is 5.11 Å². The fraction of sp³-hybridized carbons (Fsp3) is 0. The van der Waals surface area contributed by atoms with Crippen molar-refractivity contribution in [2.45, 2.75) is 0 Å². The number of allylic oxidation sites excluding steroid dienone is 1. The number of aromatic nitrogens is 1. The Balaban J connectivity index is 3.14. The van der Waals surface area contributed by atoms with E-state index in [0.29, 0.717) is 0 Å². The van der Waals surface area contributed by atoms with Crippen LogP contribution in [0.2, 0.25) is 0 Å². The summed E-state index contributed by atoms with van der Waals surface area (Å²) in [5.41, 5.74) is 0.380. The van der Waals surface area contributed by atoms with E-state index in [1.807, 2.05) is 0 Å². The van der Waals surface area contributed by atoms with Crippen LogP contribution in [0.3, 0.4) is 0 Å². The van der Waals surface area contributed by atoms with E-state index in [0.717, 1.165) is 0 Å². The molecule has 64 valence electrons. The van der Waals surface area contributed by atoms with Gasteiger partial charge in [0.05, 0.1) is 17.3 Å². The molecule has 0 amide bonds. The highest BCUT2D eigenvalue weighted by molar-refractivity contribution is 5.91. The van der Waals surface area contributed by atoms with Crippen LogP contribution in [0.5, 0.6) is 0 Å². The van der Waals surface area contributed by atoms with Crippen LogP contribution in [0.1, 0.15) is 16.1 Å². The van der Waals surface area contributed by atoms with Crippen molar-refractivity contribution in [3.8, 4) is 6.07 Å². The molecule has 0 aliphatic carbocycles. The summed E-state index contributed by atoms with van der Waals surface area (Å²) in [5.74, 6) is -1.05. The third kappa shape index (κ3) is 2.14. The van der Waals surface area contributed by atoms with Crippen molar-refractivity contribution in [3.63, 3.8) is 0 Å². The van der Waals surface area contributed by atoms with Crippen molar-refractivity contribution >= 4 is 12.0 Å². The maximum atomic E-state index is 10.6. The molecular weight excluding hydrogens is 168 g/mol. The molecule has 4 heteroatoms. The monoisotopic (exact) mass is 174 g/mol. The van der Waals surface area contributed by atoms with Gasteiger partial charge in [0, 0.05) is 12.3 Å². The third-order valence-corrected chi connectivity index (χ3v) is 1.38. The summed E-state index contributed by atoms with van der Waals surface area (Å²) < 4.78 is 0. The molecule has 0 unspecified atom stereocenters. The number of nitriles is 1. The minimum atomic E-state index is -1.05. The first-order valence-electron chi connectivity index (χ1n) is 3.50. The average Bonchev–Trinajstić information content (AvgIpc) is 2.15. The Bertz CT molecular complexity index is 391. The number of rotatable bonds is 2. The summed E-state index contributed by atoms with van der Waals surface area (Å²) in [6, 6.07) is 4.74. The fourth-order valence-electron chi connectivity index (χ4n) is 0.847. The predicted molar refractivity (Wildman–Crippen MR) is 45.8 cm³/mol. The van der Waals surface area contributed by atoms with Crippen LogP contribution < -0.4 is 0 Å². The molecule has 0 saturated heterocycles. The predicted octanol–water partition coefficient (Wildman–Crippen LogP) is 1.32. The van der Waals surface area contributed by atoms with Gasteiger partial charge in [-0.2, -0.15) is 5.26 Å². The van der Waals surface area contributed by atoms with E-state index >= 15 is 0 Å². The minimum absolute atomic E-state index is 0.0917. The third-order valence-electron chi connectivity index (χ3n) is 1.38. The maximum absolute atomic E-state index is 10.6. The summed E-state index contributed by atoms with van der Waals surface area (Å²) in [5, 5.41) is 17.0. The Morgan fingerprint density at radius 3 is 3.08 bits per heavy atom. The van der Waals surface area contributed by atoms with Crippen molar-refractivity contribution in [3.05, 3.63) is 35.7 Å². The second-order valence-corrected chi connectivity index (χ2v) is 2.20. The van der Waals surface area contributed by atoms with Gasteiger partial charge in [-0.05, 0) is 18.2 Å². The maximum Gasteiger partial charge on any atom is 0.337 e. The standard InChI is InChI=1S/C9H6N2O2/c10-5-1-4-8-7(9(12)13)3-2-6-11-8/h1-4,6H,(H,12,13)/b4-1+. The molecule has 0 aliphatic heterocycles. The first-order valence-corrected chi connectivity index (χ1v) is 3.50. The van der Waals surface area contributed by atoms with E-state index in [1.54, 1.807) is 6.07 Å². The molecule has 0 aliphatic rings. The van der Waals surface area contributed by atoms with E-state index in [-0.39, 0.29) is 11.3 Å². The smallest absolute Gasteiger partial charge is 0.337 e. The lowest BCUT2D eigenvalue weighted by Crippen LogP contribution is -2.00. The SMILES string of the molecule is N#C/C=C/c1ncccc1C(=O)O. The number of nitrogens with zero attached hydrogens (tertiary/aromatic N) is 2. The minimum Gasteiger partial charge on any atom is -0.478 e. The molecule has 0 aromatic carbocycles. The topological polar surface area (TPSA) is 74.0 Å². The summed E-state index contributed by atoms with van der Waals surface area (Å²) >= 11 is 0. The van der Waals surface area contributed by atoms with Crippen LogP contribution in [0, 0.1) is 11.3 Å². The zero-order chi connectivity index (χ0) is 9.68. The van der Waals surface area contributed by atoms with Crippen LogP contribution in [0.15, 0.2) is 24.4 Å². The second-order valence-electron chi connectivity index (χ2n) is 2.20. The first kappa shape index (κ1) is 8.94. The molecule has 1 N–H and O–H groups in total. The van der Waals surface area contributed by atoms with E-state index in [2.05, 4.69) is 4.98 Å². The van der Waals surface area contributed by atoms with Crippen LogP contribution in [-0.2, 0) is 0 Å². The molecule has 1 aromatic heterocycles. The Morgan fingerprint density at radius 1 is 1.69 bits per heavy atom. The lowest BCUT2D eigenvalue weighted by Gasteiger charge is -1.96. The molecule has 0 atom stereocenters. The Morgan fingerprint density at radius 2 is 2.46 bits per heavy atom. The molecule has 0 radical (unpaired) electrons. The molecular formula is C9H6N2O2. The lowest BCUT2D eigenvalue weighted by atomic mass is 10.2. The normalized spacial score (nSPS) is 9.77. The van der Waals surface area contributed by atoms with Gasteiger partial charge in [-0.25, -0.2) is 4.79 Å². The summed E-state index contributed by atoms with van der Waals surface area (Å²) in [6.45, 7) is 0. The Labute approximate surface area is 74.8 Å². The van der Waals surface area contributed by atoms with E-state index in [1.165, 1.54) is 30.5 Å². The number of carboxylic acid groups (broad SMARTS) is 1. The van der Waals surface area contributed by atoms with Gasteiger partial charge in [0.2, 0.25) is 0 Å². The van der Waals surface area contributed by atoms with Gasteiger partial charge >= 0.3 is 5.97 Å². The molecule has 0 spiro atoms. The highest BCUT2D eigenvalue weighted by Gasteiger charge is 2.06. The van der Waals surface area contributed by atoms with E-state index < -0.39 is 5.97 Å². The largest absolute Gasteiger partial charge is 0.478 e. The zero-order valence-electron chi connectivity index (χ0n) is 6.64. The van der Waals surface area contributed by atoms with Crippen molar-refractivity contribution in [1.82, 2.24) is 4.98 Å². The van der Waals surface area contributed by atoms with Crippen LogP contribution >= 0.6 is 0 Å². The van der Waals surface area contributed by atoms with Crippen molar-refractivity contribution in [1.29, 1.82) is 5.26 Å². The number of carbonyl (C=O) groups is 1. The molecule has 13 heavy (non-hydrogen) atoms. The van der Waals surface area contributed by atoms with Crippen molar-refractivity contribution < 1.29 is 9.90 Å². The second kappa shape index (κ2) is 4.02. The van der Waals surface area contributed by atoms with Crippen LogP contribution in [-0.4, -0.2) is 16.1 Å². The highest BCUT2D eigenvalue weighted by atomic mass is 16.4. The summed E-state index contributed by atoms with van der Waals surface area (Å²) in [6.07, 6.45) is 4.03. The van der Waals surface area contributed by atoms with Crippen LogP contribution in [0.4, 0.5) is 0 Å².